The topological polar surface area (TPSA) is 30.5 Å². The lowest BCUT2D eigenvalue weighted by Crippen LogP contribution is -2.32. The van der Waals surface area contributed by atoms with E-state index < -0.39 is 0 Å². The third-order valence-corrected chi connectivity index (χ3v) is 5.35. The highest BCUT2D eigenvalue weighted by molar-refractivity contribution is 5.55. The minimum Gasteiger partial charge on any atom is -0.493 e. The van der Waals surface area contributed by atoms with Gasteiger partial charge >= 0.3 is 0 Å². The second kappa shape index (κ2) is 5.89. The van der Waals surface area contributed by atoms with Crippen molar-refractivity contribution in [3.63, 3.8) is 0 Å². The molecular weight excluding hydrogens is 286 g/mol. The molecule has 0 amide bonds. The molecule has 4 rings (SSSR count). The molecule has 120 valence electrons. The SMILES string of the molecule is COc1cc2c(cc1OC)[C@H]1NCCC[C@H]1[C@@H]2c1ccccc1. The highest BCUT2D eigenvalue weighted by Crippen LogP contribution is 2.54. The Morgan fingerprint density at radius 3 is 2.35 bits per heavy atom. The molecule has 2 aromatic rings. The Balaban J connectivity index is 1.88. The van der Waals surface area contributed by atoms with Gasteiger partial charge in [0.05, 0.1) is 14.2 Å². The van der Waals surface area contributed by atoms with Gasteiger partial charge < -0.3 is 14.8 Å². The summed E-state index contributed by atoms with van der Waals surface area (Å²) in [6.07, 6.45) is 2.50. The van der Waals surface area contributed by atoms with E-state index in [1.807, 2.05) is 0 Å². The Morgan fingerprint density at radius 2 is 1.65 bits per heavy atom. The second-order valence-corrected chi connectivity index (χ2v) is 6.46. The van der Waals surface area contributed by atoms with Crippen LogP contribution < -0.4 is 14.8 Å². The van der Waals surface area contributed by atoms with Crippen molar-refractivity contribution in [2.75, 3.05) is 20.8 Å². The number of fused-ring (bicyclic) bond motifs is 3. The molecular formula is C20H23NO2. The molecule has 1 aliphatic carbocycles. The molecule has 3 nitrogen and oxygen atoms in total. The van der Waals surface area contributed by atoms with Crippen LogP contribution in [0.4, 0.5) is 0 Å². The third-order valence-electron chi connectivity index (χ3n) is 5.35. The van der Waals surface area contributed by atoms with Crippen LogP contribution in [0.25, 0.3) is 0 Å². The second-order valence-electron chi connectivity index (χ2n) is 6.46. The first-order valence-corrected chi connectivity index (χ1v) is 8.37. The zero-order valence-corrected chi connectivity index (χ0v) is 13.7. The average molecular weight is 309 g/mol. The lowest BCUT2D eigenvalue weighted by molar-refractivity contribution is 0.286. The van der Waals surface area contributed by atoms with E-state index in [-0.39, 0.29) is 0 Å². The minimum atomic E-state index is 0.420. The van der Waals surface area contributed by atoms with E-state index in [0.29, 0.717) is 17.9 Å². The first kappa shape index (κ1) is 14.6. The molecule has 0 spiro atoms. The van der Waals surface area contributed by atoms with Crippen molar-refractivity contribution < 1.29 is 9.47 Å². The van der Waals surface area contributed by atoms with E-state index in [0.717, 1.165) is 18.0 Å². The minimum absolute atomic E-state index is 0.420. The van der Waals surface area contributed by atoms with Gasteiger partial charge in [0.25, 0.3) is 0 Å². The molecule has 1 aliphatic heterocycles. The maximum atomic E-state index is 5.55. The van der Waals surface area contributed by atoms with Crippen molar-refractivity contribution in [2.24, 2.45) is 5.92 Å². The molecule has 0 aromatic heterocycles. The molecule has 0 unspecified atom stereocenters. The van der Waals surface area contributed by atoms with Crippen molar-refractivity contribution >= 4 is 0 Å². The zero-order valence-electron chi connectivity index (χ0n) is 13.7. The van der Waals surface area contributed by atoms with Crippen molar-refractivity contribution in [1.29, 1.82) is 0 Å². The Kier molecular flexibility index (Phi) is 3.74. The highest BCUT2D eigenvalue weighted by Gasteiger charge is 2.43. The fraction of sp³-hybridized carbons (Fsp3) is 0.400. The summed E-state index contributed by atoms with van der Waals surface area (Å²) in [5.74, 6) is 2.69. The Hall–Kier alpha value is -2.00. The van der Waals surface area contributed by atoms with E-state index >= 15 is 0 Å². The largest absolute Gasteiger partial charge is 0.493 e. The summed E-state index contributed by atoms with van der Waals surface area (Å²) >= 11 is 0. The van der Waals surface area contributed by atoms with Crippen molar-refractivity contribution in [2.45, 2.75) is 24.8 Å². The molecule has 1 N–H and O–H groups in total. The summed E-state index contributed by atoms with van der Waals surface area (Å²) in [5.41, 5.74) is 4.16. The predicted octanol–water partition coefficient (Wildman–Crippen LogP) is 3.89. The highest BCUT2D eigenvalue weighted by atomic mass is 16.5. The predicted molar refractivity (Wildman–Crippen MR) is 91.3 cm³/mol. The molecule has 23 heavy (non-hydrogen) atoms. The summed E-state index contributed by atoms with van der Waals surface area (Å²) in [4.78, 5) is 0. The van der Waals surface area contributed by atoms with Gasteiger partial charge in [0.1, 0.15) is 0 Å². The molecule has 1 fully saturated rings. The van der Waals surface area contributed by atoms with Crippen LogP contribution in [-0.2, 0) is 0 Å². The van der Waals surface area contributed by atoms with Gasteiger partial charge in [-0.2, -0.15) is 0 Å². The molecule has 3 atom stereocenters. The quantitative estimate of drug-likeness (QED) is 0.933. The average Bonchev–Trinajstić information content (AvgIpc) is 2.94. The van der Waals surface area contributed by atoms with Crippen LogP contribution in [0.5, 0.6) is 11.5 Å². The van der Waals surface area contributed by atoms with Crippen molar-refractivity contribution in [1.82, 2.24) is 5.32 Å². The maximum absolute atomic E-state index is 5.55. The van der Waals surface area contributed by atoms with Crippen molar-refractivity contribution in [3.05, 3.63) is 59.2 Å². The first-order chi connectivity index (χ1) is 11.3. The first-order valence-electron chi connectivity index (χ1n) is 8.37. The van der Waals surface area contributed by atoms with E-state index in [1.54, 1.807) is 14.2 Å². The number of piperidine rings is 1. The fourth-order valence-corrected chi connectivity index (χ4v) is 4.38. The molecule has 0 saturated carbocycles. The third kappa shape index (κ3) is 2.31. The van der Waals surface area contributed by atoms with Gasteiger partial charge in [0.2, 0.25) is 0 Å². The van der Waals surface area contributed by atoms with Gasteiger partial charge in [-0.25, -0.2) is 0 Å². The van der Waals surface area contributed by atoms with E-state index in [1.165, 1.54) is 29.5 Å². The Morgan fingerprint density at radius 1 is 0.957 bits per heavy atom. The van der Waals surface area contributed by atoms with Crippen molar-refractivity contribution in [3.8, 4) is 11.5 Å². The summed E-state index contributed by atoms with van der Waals surface area (Å²) in [6, 6.07) is 15.6. The number of benzene rings is 2. The number of rotatable bonds is 3. The van der Waals surface area contributed by atoms with Gasteiger partial charge in [-0.05, 0) is 54.1 Å². The zero-order chi connectivity index (χ0) is 15.8. The monoisotopic (exact) mass is 309 g/mol. The number of nitrogens with one attached hydrogen (secondary N) is 1. The summed E-state index contributed by atoms with van der Waals surface area (Å²) in [7, 11) is 3.42. The molecule has 0 radical (unpaired) electrons. The number of hydrogen-bond donors (Lipinski definition) is 1. The van der Waals surface area contributed by atoms with Crippen LogP contribution in [0.3, 0.4) is 0 Å². The summed E-state index contributed by atoms with van der Waals surface area (Å²) < 4.78 is 11.1. The molecule has 2 aromatic carbocycles. The van der Waals surface area contributed by atoms with Gasteiger partial charge in [0.15, 0.2) is 11.5 Å². The van der Waals surface area contributed by atoms with Crippen LogP contribution in [-0.4, -0.2) is 20.8 Å². The van der Waals surface area contributed by atoms with Crippen LogP contribution >= 0.6 is 0 Å². The van der Waals surface area contributed by atoms with E-state index in [9.17, 15) is 0 Å². The van der Waals surface area contributed by atoms with Gasteiger partial charge in [-0.1, -0.05) is 30.3 Å². The summed E-state index contributed by atoms with van der Waals surface area (Å²) in [6.45, 7) is 1.09. The van der Waals surface area contributed by atoms with Crippen LogP contribution in [0, 0.1) is 5.92 Å². The van der Waals surface area contributed by atoms with Crippen LogP contribution in [0.1, 0.15) is 41.5 Å². The van der Waals surface area contributed by atoms with Gasteiger partial charge in [0, 0.05) is 12.0 Å². The summed E-state index contributed by atoms with van der Waals surface area (Å²) in [5, 5.41) is 3.73. The lowest BCUT2D eigenvalue weighted by Gasteiger charge is -2.31. The Labute approximate surface area is 137 Å². The molecule has 2 aliphatic rings. The fourth-order valence-electron chi connectivity index (χ4n) is 4.38. The molecule has 1 heterocycles. The number of hydrogen-bond acceptors (Lipinski definition) is 3. The molecule has 0 bridgehead atoms. The van der Waals surface area contributed by atoms with E-state index in [2.05, 4.69) is 47.8 Å². The molecule has 1 saturated heterocycles. The standard InChI is InChI=1S/C20H23NO2/c1-22-17-11-15-16(12-18(17)23-2)20-14(9-6-10-21-20)19(15)13-7-4-3-5-8-13/h3-5,7-8,11-12,14,19-21H,6,9-10H2,1-2H3/t14-,19-,20-/m0/s1. The number of methoxy groups -OCH3 is 2. The van der Waals surface area contributed by atoms with Gasteiger partial charge in [-0.3, -0.25) is 0 Å². The van der Waals surface area contributed by atoms with Crippen LogP contribution in [0.15, 0.2) is 42.5 Å². The molecule has 3 heteroatoms. The smallest absolute Gasteiger partial charge is 0.161 e. The number of ether oxygens (including phenoxy) is 2. The van der Waals surface area contributed by atoms with Gasteiger partial charge in [-0.15, -0.1) is 0 Å². The lowest BCUT2D eigenvalue weighted by atomic mass is 9.80. The Bertz CT molecular complexity index is 698. The normalized spacial score (nSPS) is 25.6. The van der Waals surface area contributed by atoms with Crippen LogP contribution in [0.2, 0.25) is 0 Å². The maximum Gasteiger partial charge on any atom is 0.161 e. The van der Waals surface area contributed by atoms with E-state index in [4.69, 9.17) is 9.47 Å².